The summed E-state index contributed by atoms with van der Waals surface area (Å²) < 4.78 is 29.0. The predicted octanol–water partition coefficient (Wildman–Crippen LogP) is 2.33. The molecule has 0 spiro atoms. The molecule has 0 aromatic heterocycles. The van der Waals surface area contributed by atoms with Crippen LogP contribution in [0.5, 0.6) is 0 Å². The average Bonchev–Trinajstić information content (AvgIpc) is 3.16. The minimum Gasteiger partial charge on any atom is -0.444 e. The van der Waals surface area contributed by atoms with E-state index < -0.39 is 15.4 Å². The number of carbonyl (C=O) groups is 1. The van der Waals surface area contributed by atoms with Gasteiger partial charge in [-0.3, -0.25) is 0 Å². The summed E-state index contributed by atoms with van der Waals surface area (Å²) in [6, 6.07) is 0.603. The maximum Gasteiger partial charge on any atom is 0.410 e. The van der Waals surface area contributed by atoms with E-state index in [1.165, 1.54) is 0 Å². The number of amides is 1. The highest BCUT2D eigenvalue weighted by atomic mass is 32.2. The molecule has 0 aromatic carbocycles. The van der Waals surface area contributed by atoms with Crippen molar-refractivity contribution in [3.05, 3.63) is 0 Å². The van der Waals surface area contributed by atoms with Gasteiger partial charge in [0.15, 0.2) is 9.84 Å². The summed E-state index contributed by atoms with van der Waals surface area (Å²) in [5.41, 5.74) is -0.476. The Morgan fingerprint density at radius 1 is 1.12 bits per heavy atom. The van der Waals surface area contributed by atoms with Crippen LogP contribution in [0, 0.1) is 5.92 Å². The van der Waals surface area contributed by atoms with Crippen LogP contribution in [0.1, 0.15) is 59.3 Å². The Bertz CT molecular complexity index is 599. The summed E-state index contributed by atoms with van der Waals surface area (Å²) in [6.45, 7) is 6.46. The van der Waals surface area contributed by atoms with Gasteiger partial charge in [-0.1, -0.05) is 6.42 Å². The van der Waals surface area contributed by atoms with Gasteiger partial charge in [0.2, 0.25) is 0 Å². The molecule has 0 radical (unpaired) electrons. The van der Waals surface area contributed by atoms with Crippen molar-refractivity contribution in [1.29, 1.82) is 0 Å². The summed E-state index contributed by atoms with van der Waals surface area (Å²) >= 11 is 0. The second-order valence-corrected chi connectivity index (χ2v) is 11.1. The molecule has 4 unspecified atom stereocenters. The lowest BCUT2D eigenvalue weighted by Crippen LogP contribution is -2.49. The molecule has 1 aliphatic carbocycles. The fourth-order valence-corrected chi connectivity index (χ4v) is 6.36. The summed E-state index contributed by atoms with van der Waals surface area (Å²) in [6.07, 6.45) is 5.85. The molecule has 2 heterocycles. The van der Waals surface area contributed by atoms with Gasteiger partial charge in [0.05, 0.1) is 11.5 Å². The molecule has 3 rings (SSSR count). The first-order valence-corrected chi connectivity index (χ1v) is 11.4. The van der Waals surface area contributed by atoms with Crippen molar-refractivity contribution >= 4 is 15.9 Å². The molecule has 3 fully saturated rings. The Labute approximate surface area is 151 Å². The first-order valence-electron chi connectivity index (χ1n) is 9.61. The number of nitrogens with zero attached hydrogens (tertiary/aromatic N) is 1. The normalized spacial score (nSPS) is 35.2. The van der Waals surface area contributed by atoms with E-state index in [1.54, 1.807) is 0 Å². The van der Waals surface area contributed by atoms with E-state index in [0.717, 1.165) is 38.6 Å². The van der Waals surface area contributed by atoms with E-state index in [1.807, 2.05) is 25.7 Å². The van der Waals surface area contributed by atoms with Crippen molar-refractivity contribution in [2.24, 2.45) is 5.92 Å². The van der Waals surface area contributed by atoms with Crippen LogP contribution in [-0.4, -0.2) is 61.2 Å². The number of nitrogens with one attached hydrogen (secondary N) is 1. The van der Waals surface area contributed by atoms with Crippen molar-refractivity contribution in [2.75, 3.05) is 18.1 Å². The van der Waals surface area contributed by atoms with E-state index in [9.17, 15) is 13.2 Å². The van der Waals surface area contributed by atoms with Gasteiger partial charge < -0.3 is 15.0 Å². The van der Waals surface area contributed by atoms with Crippen molar-refractivity contribution in [1.82, 2.24) is 10.2 Å². The lowest BCUT2D eigenvalue weighted by molar-refractivity contribution is 0.0165. The molecule has 0 aromatic rings. The summed E-state index contributed by atoms with van der Waals surface area (Å²) in [7, 11) is -2.87. The maximum atomic E-state index is 12.6. The van der Waals surface area contributed by atoms with Gasteiger partial charge in [0.25, 0.3) is 0 Å². The molecular weight excluding hydrogens is 340 g/mol. The van der Waals surface area contributed by atoms with Gasteiger partial charge >= 0.3 is 6.09 Å². The van der Waals surface area contributed by atoms with Gasteiger partial charge in [-0.15, -0.1) is 0 Å². The third kappa shape index (κ3) is 4.67. The van der Waals surface area contributed by atoms with E-state index in [4.69, 9.17) is 4.74 Å². The number of hydrogen-bond donors (Lipinski definition) is 1. The zero-order chi connectivity index (χ0) is 18.2. The average molecular weight is 373 g/mol. The zero-order valence-corrected chi connectivity index (χ0v) is 16.5. The van der Waals surface area contributed by atoms with Crippen LogP contribution in [-0.2, 0) is 14.6 Å². The number of ether oxygens (including phenoxy) is 1. The van der Waals surface area contributed by atoms with E-state index >= 15 is 0 Å². The van der Waals surface area contributed by atoms with E-state index in [2.05, 4.69) is 5.32 Å². The molecule has 1 saturated carbocycles. The highest BCUT2D eigenvalue weighted by Gasteiger charge is 2.43. The van der Waals surface area contributed by atoms with Crippen LogP contribution < -0.4 is 5.32 Å². The van der Waals surface area contributed by atoms with Gasteiger partial charge in [0.1, 0.15) is 5.60 Å². The Balaban J connectivity index is 1.63. The Morgan fingerprint density at radius 2 is 1.88 bits per heavy atom. The molecule has 1 N–H and O–H groups in total. The second-order valence-electron chi connectivity index (χ2n) is 8.85. The topological polar surface area (TPSA) is 75.7 Å². The quantitative estimate of drug-likeness (QED) is 0.823. The van der Waals surface area contributed by atoms with Crippen molar-refractivity contribution < 1.29 is 17.9 Å². The van der Waals surface area contributed by atoms with Crippen LogP contribution in [0.3, 0.4) is 0 Å². The van der Waals surface area contributed by atoms with E-state index in [-0.39, 0.29) is 23.9 Å². The molecular formula is C18H32N2O4S. The SMILES string of the molecule is CC(C)(C)OC(=O)N1CCCC1C1CCCC1NC1CCS(=O)(=O)C1. The van der Waals surface area contributed by atoms with Gasteiger partial charge in [-0.05, 0) is 58.8 Å². The number of likely N-dealkylation sites (tertiary alicyclic amines) is 1. The Hall–Kier alpha value is -0.820. The fourth-order valence-electron chi connectivity index (χ4n) is 4.67. The third-order valence-electron chi connectivity index (χ3n) is 5.67. The predicted molar refractivity (Wildman–Crippen MR) is 97.3 cm³/mol. The lowest BCUT2D eigenvalue weighted by atomic mass is 9.92. The first-order chi connectivity index (χ1) is 11.6. The van der Waals surface area contributed by atoms with Gasteiger partial charge in [0, 0.05) is 24.7 Å². The van der Waals surface area contributed by atoms with Crippen LogP contribution in [0.2, 0.25) is 0 Å². The fraction of sp³-hybridized carbons (Fsp3) is 0.944. The lowest BCUT2D eigenvalue weighted by Gasteiger charge is -2.35. The summed E-state index contributed by atoms with van der Waals surface area (Å²) in [4.78, 5) is 14.5. The number of sulfone groups is 1. The van der Waals surface area contributed by atoms with Gasteiger partial charge in [-0.2, -0.15) is 0 Å². The van der Waals surface area contributed by atoms with Crippen molar-refractivity contribution in [3.8, 4) is 0 Å². The molecule has 2 saturated heterocycles. The monoisotopic (exact) mass is 372 g/mol. The molecule has 7 heteroatoms. The van der Waals surface area contributed by atoms with E-state index in [0.29, 0.717) is 24.1 Å². The minimum absolute atomic E-state index is 0.0759. The molecule has 6 nitrogen and oxygen atoms in total. The van der Waals surface area contributed by atoms with Crippen LogP contribution in [0.15, 0.2) is 0 Å². The second kappa shape index (κ2) is 7.06. The van der Waals surface area contributed by atoms with Crippen LogP contribution in [0.4, 0.5) is 4.79 Å². The Morgan fingerprint density at radius 3 is 2.52 bits per heavy atom. The van der Waals surface area contributed by atoms with Crippen LogP contribution >= 0.6 is 0 Å². The molecule has 1 amide bonds. The third-order valence-corrected chi connectivity index (χ3v) is 7.44. The molecule has 0 bridgehead atoms. The molecule has 25 heavy (non-hydrogen) atoms. The standard InChI is InChI=1S/C18H32N2O4S/c1-18(2,3)24-17(21)20-10-5-8-16(20)14-6-4-7-15(14)19-13-9-11-25(22,23)12-13/h13-16,19H,4-12H2,1-3H3. The highest BCUT2D eigenvalue weighted by molar-refractivity contribution is 7.91. The van der Waals surface area contributed by atoms with Crippen LogP contribution in [0.25, 0.3) is 0 Å². The number of rotatable bonds is 3. The van der Waals surface area contributed by atoms with Crippen molar-refractivity contribution in [2.45, 2.75) is 83.0 Å². The smallest absolute Gasteiger partial charge is 0.410 e. The summed E-state index contributed by atoms with van der Waals surface area (Å²) in [5, 5.41) is 3.61. The summed E-state index contributed by atoms with van der Waals surface area (Å²) in [5.74, 6) is 0.963. The largest absolute Gasteiger partial charge is 0.444 e. The number of hydrogen-bond acceptors (Lipinski definition) is 5. The first kappa shape index (κ1) is 19.0. The molecule has 2 aliphatic heterocycles. The molecule has 3 aliphatic rings. The Kier molecular flexibility index (Phi) is 5.36. The maximum absolute atomic E-state index is 12.6. The molecule has 4 atom stereocenters. The van der Waals surface area contributed by atoms with Crippen molar-refractivity contribution in [3.63, 3.8) is 0 Å². The zero-order valence-electron chi connectivity index (χ0n) is 15.7. The van der Waals surface area contributed by atoms with Gasteiger partial charge in [-0.25, -0.2) is 13.2 Å². The molecule has 144 valence electrons. The minimum atomic E-state index is -2.87. The highest BCUT2D eigenvalue weighted by Crippen LogP contribution is 2.37. The number of carbonyl (C=O) groups excluding carboxylic acids is 1.